The van der Waals surface area contributed by atoms with Gasteiger partial charge in [0.1, 0.15) is 0 Å². The van der Waals surface area contributed by atoms with Crippen LogP contribution in [0.25, 0.3) is 0 Å². The van der Waals surface area contributed by atoms with Gasteiger partial charge in [0.15, 0.2) is 0 Å². The lowest BCUT2D eigenvalue weighted by molar-refractivity contribution is 0.481. The van der Waals surface area contributed by atoms with E-state index in [0.29, 0.717) is 11.3 Å². The zero-order valence-corrected chi connectivity index (χ0v) is 11.8. The van der Waals surface area contributed by atoms with Crippen molar-refractivity contribution >= 4 is 0 Å². The fourth-order valence-electron chi connectivity index (χ4n) is 1.43. The van der Waals surface area contributed by atoms with Crippen molar-refractivity contribution in [3.63, 3.8) is 0 Å². The molecule has 0 radical (unpaired) electrons. The van der Waals surface area contributed by atoms with Crippen molar-refractivity contribution in [3.8, 4) is 12.3 Å². The van der Waals surface area contributed by atoms with Gasteiger partial charge in [0.2, 0.25) is 0 Å². The molecule has 1 rings (SSSR count). The summed E-state index contributed by atoms with van der Waals surface area (Å²) < 4.78 is 0. The van der Waals surface area contributed by atoms with Gasteiger partial charge in [0.05, 0.1) is 0 Å². The number of terminal acetylenes is 1. The maximum atomic E-state index is 5.53. The highest BCUT2D eigenvalue weighted by Gasteiger charge is 2.14. The van der Waals surface area contributed by atoms with Crippen LogP contribution in [0.4, 0.5) is 0 Å². The van der Waals surface area contributed by atoms with Crippen molar-refractivity contribution in [2.75, 3.05) is 0 Å². The summed E-state index contributed by atoms with van der Waals surface area (Å²) in [6.07, 6.45) is 16.1. The fourth-order valence-corrected chi connectivity index (χ4v) is 1.43. The molecule has 0 spiro atoms. The van der Waals surface area contributed by atoms with Gasteiger partial charge in [-0.1, -0.05) is 52.7 Å². The molecule has 0 aromatic carbocycles. The Balaban J connectivity index is 0. The van der Waals surface area contributed by atoms with Gasteiger partial charge < -0.3 is 5.73 Å². The third-order valence-electron chi connectivity index (χ3n) is 2.87. The highest BCUT2D eigenvalue weighted by atomic mass is 14.6. The number of hydrogen-bond acceptors (Lipinski definition) is 1. The third-order valence-corrected chi connectivity index (χ3v) is 2.87. The van der Waals surface area contributed by atoms with E-state index in [2.05, 4.69) is 45.8 Å². The van der Waals surface area contributed by atoms with E-state index in [4.69, 9.17) is 12.2 Å². The highest BCUT2D eigenvalue weighted by molar-refractivity contribution is 5.22. The summed E-state index contributed by atoms with van der Waals surface area (Å²) in [4.78, 5) is 0. The van der Waals surface area contributed by atoms with Gasteiger partial charge in [0, 0.05) is 13.0 Å². The van der Waals surface area contributed by atoms with Crippen LogP contribution in [0.5, 0.6) is 0 Å². The zero-order chi connectivity index (χ0) is 13.3. The Bertz CT molecular complexity index is 308. The van der Waals surface area contributed by atoms with E-state index in [1.165, 1.54) is 19.3 Å². The molecule has 0 amide bonds. The van der Waals surface area contributed by atoms with E-state index < -0.39 is 0 Å². The molecule has 0 saturated heterocycles. The number of hydrogen-bond donors (Lipinski definition) is 1. The summed E-state index contributed by atoms with van der Waals surface area (Å²) in [6, 6.07) is 0. The van der Waals surface area contributed by atoms with Gasteiger partial charge in [-0.2, -0.15) is 0 Å². The van der Waals surface area contributed by atoms with Crippen LogP contribution in [0.3, 0.4) is 0 Å². The van der Waals surface area contributed by atoms with Gasteiger partial charge in [-0.25, -0.2) is 0 Å². The number of nitrogens with two attached hydrogens (primary N) is 1. The predicted molar refractivity (Wildman–Crippen MR) is 79.4 cm³/mol. The minimum atomic E-state index is 0. The molecule has 0 fully saturated rings. The molecule has 1 aliphatic rings. The molecule has 98 valence electrons. The first-order valence-electron chi connectivity index (χ1n) is 6.52. The lowest BCUT2D eigenvalue weighted by Crippen LogP contribution is -2.11. The fraction of sp³-hybridized carbons (Fsp3) is 0.625. The van der Waals surface area contributed by atoms with Gasteiger partial charge in [-0.3, -0.25) is 0 Å². The van der Waals surface area contributed by atoms with Crippen LogP contribution < -0.4 is 5.73 Å². The molecule has 0 aromatic rings. The average molecular weight is 235 g/mol. The first-order chi connectivity index (χ1) is 7.91. The average Bonchev–Trinajstić information content (AvgIpc) is 2.31. The van der Waals surface area contributed by atoms with Crippen molar-refractivity contribution < 1.29 is 1.43 Å². The van der Waals surface area contributed by atoms with Crippen LogP contribution >= 0.6 is 0 Å². The van der Waals surface area contributed by atoms with Crippen LogP contribution in [0.2, 0.25) is 0 Å². The largest absolute Gasteiger partial charge is 0.399 e. The molecule has 17 heavy (non-hydrogen) atoms. The third kappa shape index (κ3) is 8.63. The first-order valence-corrected chi connectivity index (χ1v) is 6.52. The van der Waals surface area contributed by atoms with E-state index in [-0.39, 0.29) is 1.43 Å². The van der Waals surface area contributed by atoms with E-state index in [9.17, 15) is 0 Å². The molecule has 0 heterocycles. The Morgan fingerprint density at radius 3 is 2.59 bits per heavy atom. The number of unbranched alkanes of at least 4 members (excludes halogenated alkanes) is 1. The molecule has 1 atom stereocenters. The van der Waals surface area contributed by atoms with E-state index >= 15 is 0 Å². The zero-order valence-electron chi connectivity index (χ0n) is 11.8. The Morgan fingerprint density at radius 1 is 1.59 bits per heavy atom. The van der Waals surface area contributed by atoms with E-state index in [1.54, 1.807) is 0 Å². The second kappa shape index (κ2) is 8.01. The predicted octanol–water partition coefficient (Wildman–Crippen LogP) is 4.51. The Labute approximate surface area is 109 Å². The molecule has 0 saturated carbocycles. The van der Waals surface area contributed by atoms with Crippen molar-refractivity contribution in [1.82, 2.24) is 0 Å². The minimum absolute atomic E-state index is 0. The lowest BCUT2D eigenvalue weighted by Gasteiger charge is -2.20. The molecular weight excluding hydrogens is 206 g/mol. The van der Waals surface area contributed by atoms with Gasteiger partial charge in [-0.15, -0.1) is 12.3 Å². The Kier molecular flexibility index (Phi) is 7.46. The normalized spacial score (nSPS) is 18.4. The monoisotopic (exact) mass is 235 g/mol. The molecule has 0 aliphatic heterocycles. The summed E-state index contributed by atoms with van der Waals surface area (Å²) in [5.41, 5.74) is 6.75. The Morgan fingerprint density at radius 2 is 2.24 bits per heavy atom. The van der Waals surface area contributed by atoms with Gasteiger partial charge >= 0.3 is 0 Å². The van der Waals surface area contributed by atoms with Crippen LogP contribution in [-0.4, -0.2) is 0 Å². The highest BCUT2D eigenvalue weighted by Crippen LogP contribution is 2.26. The number of rotatable bonds is 3. The smallest absolute Gasteiger partial charge is 0.0270 e. The molecule has 1 nitrogen and oxygen atoms in total. The number of allylic oxidation sites excluding steroid dienone is 3. The quantitative estimate of drug-likeness (QED) is 0.716. The molecule has 1 aliphatic carbocycles. The summed E-state index contributed by atoms with van der Waals surface area (Å²) >= 11 is 0. The summed E-state index contributed by atoms with van der Waals surface area (Å²) in [5.74, 6) is 3.18. The van der Waals surface area contributed by atoms with Crippen molar-refractivity contribution in [2.24, 2.45) is 17.1 Å². The van der Waals surface area contributed by atoms with Crippen LogP contribution in [0.15, 0.2) is 23.9 Å². The maximum absolute atomic E-state index is 5.53. The van der Waals surface area contributed by atoms with Crippen LogP contribution in [-0.2, 0) is 0 Å². The topological polar surface area (TPSA) is 26.0 Å². The minimum Gasteiger partial charge on any atom is -0.399 e. The lowest BCUT2D eigenvalue weighted by atomic mass is 9.86. The molecule has 1 unspecified atom stereocenters. The Hall–Kier alpha value is -1.16. The SMILES string of the molecule is C#CC(C)CCCC.CC1(C)C=CC(N)=CC1.[HH]. The molecular formula is C16H29N. The van der Waals surface area contributed by atoms with Crippen LogP contribution in [0, 0.1) is 23.7 Å². The second-order valence-corrected chi connectivity index (χ2v) is 5.44. The molecule has 0 aromatic heterocycles. The van der Waals surface area contributed by atoms with Crippen LogP contribution in [0.1, 0.15) is 54.8 Å². The summed E-state index contributed by atoms with van der Waals surface area (Å²) in [5, 5.41) is 0. The van der Waals surface area contributed by atoms with Crippen molar-refractivity contribution in [2.45, 2.75) is 53.4 Å². The van der Waals surface area contributed by atoms with Crippen molar-refractivity contribution in [1.29, 1.82) is 0 Å². The van der Waals surface area contributed by atoms with Gasteiger partial charge in [-0.05, 0) is 24.3 Å². The van der Waals surface area contributed by atoms with E-state index in [0.717, 1.165) is 12.1 Å². The standard InChI is InChI=1S/C8H13N.C8H14.H2/c1-8(2)5-3-7(9)4-6-8;1-4-6-7-8(3)5-2;/h3-5H,6,9H2,1-2H3;2,8H,4,6-7H2,1,3H3;1H. The van der Waals surface area contributed by atoms with Crippen molar-refractivity contribution in [3.05, 3.63) is 23.9 Å². The maximum Gasteiger partial charge on any atom is 0.0270 e. The summed E-state index contributed by atoms with van der Waals surface area (Å²) in [7, 11) is 0. The van der Waals surface area contributed by atoms with Gasteiger partial charge in [0.25, 0.3) is 0 Å². The summed E-state index contributed by atoms with van der Waals surface area (Å²) in [6.45, 7) is 8.68. The second-order valence-electron chi connectivity index (χ2n) is 5.44. The molecule has 0 bridgehead atoms. The first kappa shape index (κ1) is 15.8. The van der Waals surface area contributed by atoms with E-state index in [1.807, 2.05) is 6.08 Å². The molecule has 2 N–H and O–H groups in total. The molecule has 1 heteroatoms.